The highest BCUT2D eigenvalue weighted by molar-refractivity contribution is 5.80. The van der Waals surface area contributed by atoms with Crippen molar-refractivity contribution in [3.63, 3.8) is 0 Å². The Bertz CT molecular complexity index is 856. The maximum atomic E-state index is 10.1. The van der Waals surface area contributed by atoms with Gasteiger partial charge in [0.1, 0.15) is 11.6 Å². The van der Waals surface area contributed by atoms with Crippen molar-refractivity contribution in [1.82, 2.24) is 15.2 Å². The Morgan fingerprint density at radius 1 is 1.03 bits per heavy atom. The fraction of sp³-hybridized carbons (Fsp3) is 0.478. The molecule has 0 amide bonds. The number of nitrogens with one attached hydrogen (secondary N) is 1. The molecule has 7 heteroatoms. The molecule has 0 radical (unpaired) electrons. The minimum absolute atomic E-state index is 0.345. The Kier molecular flexibility index (Phi) is 6.57. The van der Waals surface area contributed by atoms with E-state index in [0.717, 1.165) is 63.3 Å². The molecule has 7 nitrogen and oxygen atoms in total. The van der Waals surface area contributed by atoms with Crippen LogP contribution in [0.1, 0.15) is 25.3 Å². The van der Waals surface area contributed by atoms with E-state index in [1.54, 1.807) is 6.07 Å². The number of nitrogens with zero attached hydrogens (tertiary/aromatic N) is 5. The Labute approximate surface area is 179 Å². The summed E-state index contributed by atoms with van der Waals surface area (Å²) < 4.78 is 0. The Morgan fingerprint density at radius 2 is 1.80 bits per heavy atom. The number of aromatic hydroxyl groups is 1. The monoisotopic (exact) mass is 408 g/mol. The van der Waals surface area contributed by atoms with Crippen LogP contribution in [0.5, 0.6) is 5.75 Å². The standard InChI is InChI=1S/C23H32N6O/c1-2-24-23(26-18-19-9-10-25-22(17-19)28-11-5-6-12-28)29-15-13-27(14-16-29)20-7-3-4-8-21(20)30/h3-4,7-10,17,30H,2,5-6,11-16,18H2,1H3,(H,24,26). The number of aliphatic imine (C=N–C) groups is 1. The molecule has 4 rings (SSSR count). The van der Waals surface area contributed by atoms with Crippen LogP contribution < -0.4 is 15.1 Å². The van der Waals surface area contributed by atoms with Crippen molar-refractivity contribution >= 4 is 17.5 Å². The maximum Gasteiger partial charge on any atom is 0.194 e. The van der Waals surface area contributed by atoms with Gasteiger partial charge in [0.2, 0.25) is 0 Å². The van der Waals surface area contributed by atoms with Crippen LogP contribution in [-0.2, 0) is 6.54 Å². The summed E-state index contributed by atoms with van der Waals surface area (Å²) in [6, 6.07) is 11.8. The van der Waals surface area contributed by atoms with Crippen LogP contribution >= 0.6 is 0 Å². The zero-order valence-corrected chi connectivity index (χ0v) is 17.8. The smallest absolute Gasteiger partial charge is 0.194 e. The van der Waals surface area contributed by atoms with Gasteiger partial charge in [-0.05, 0) is 49.6 Å². The summed E-state index contributed by atoms with van der Waals surface area (Å²) >= 11 is 0. The van der Waals surface area contributed by atoms with E-state index < -0.39 is 0 Å². The summed E-state index contributed by atoms with van der Waals surface area (Å²) in [5.41, 5.74) is 2.10. The molecule has 3 heterocycles. The molecule has 2 N–H and O–H groups in total. The lowest BCUT2D eigenvalue weighted by molar-refractivity contribution is 0.369. The van der Waals surface area contributed by atoms with E-state index >= 15 is 0 Å². The molecule has 1 aromatic carbocycles. The van der Waals surface area contributed by atoms with E-state index in [0.29, 0.717) is 12.3 Å². The second kappa shape index (κ2) is 9.69. The second-order valence-corrected chi connectivity index (χ2v) is 7.85. The number of rotatable bonds is 5. The van der Waals surface area contributed by atoms with Gasteiger partial charge in [0.15, 0.2) is 5.96 Å². The Morgan fingerprint density at radius 3 is 2.53 bits per heavy atom. The molecule has 0 aliphatic carbocycles. The lowest BCUT2D eigenvalue weighted by Gasteiger charge is -2.37. The number of hydrogen-bond donors (Lipinski definition) is 2. The van der Waals surface area contributed by atoms with Crippen molar-refractivity contribution in [3.05, 3.63) is 48.2 Å². The normalized spacial score (nSPS) is 17.5. The summed E-state index contributed by atoms with van der Waals surface area (Å²) in [7, 11) is 0. The molecule has 2 aromatic rings. The van der Waals surface area contributed by atoms with Gasteiger partial charge in [-0.15, -0.1) is 0 Å². The molecule has 2 fully saturated rings. The van der Waals surface area contributed by atoms with Crippen LogP contribution in [0.4, 0.5) is 11.5 Å². The zero-order valence-electron chi connectivity index (χ0n) is 17.8. The fourth-order valence-corrected chi connectivity index (χ4v) is 4.16. The Balaban J connectivity index is 1.40. The van der Waals surface area contributed by atoms with Crippen molar-refractivity contribution in [2.24, 2.45) is 4.99 Å². The van der Waals surface area contributed by atoms with Gasteiger partial charge in [-0.25, -0.2) is 9.98 Å². The van der Waals surface area contributed by atoms with Gasteiger partial charge in [0, 0.05) is 52.0 Å². The minimum atomic E-state index is 0.345. The molecule has 2 aliphatic heterocycles. The highest BCUT2D eigenvalue weighted by Gasteiger charge is 2.21. The molecule has 0 bridgehead atoms. The van der Waals surface area contributed by atoms with Gasteiger partial charge in [-0.3, -0.25) is 0 Å². The molecule has 30 heavy (non-hydrogen) atoms. The van der Waals surface area contributed by atoms with Gasteiger partial charge >= 0.3 is 0 Å². The number of phenols is 1. The van der Waals surface area contributed by atoms with Crippen molar-refractivity contribution in [3.8, 4) is 5.75 Å². The van der Waals surface area contributed by atoms with E-state index in [2.05, 4.69) is 44.1 Å². The predicted molar refractivity (Wildman–Crippen MR) is 122 cm³/mol. The zero-order chi connectivity index (χ0) is 20.8. The van der Waals surface area contributed by atoms with Crippen LogP contribution in [-0.4, -0.2) is 66.8 Å². The van der Waals surface area contributed by atoms with Gasteiger partial charge in [0.05, 0.1) is 12.2 Å². The highest BCUT2D eigenvalue weighted by Crippen LogP contribution is 2.27. The molecule has 160 valence electrons. The van der Waals surface area contributed by atoms with E-state index in [1.807, 2.05) is 24.4 Å². The van der Waals surface area contributed by atoms with Gasteiger partial charge in [-0.1, -0.05) is 12.1 Å². The van der Waals surface area contributed by atoms with E-state index in [-0.39, 0.29) is 0 Å². The first-order valence-corrected chi connectivity index (χ1v) is 11.0. The third-order valence-corrected chi connectivity index (χ3v) is 5.79. The second-order valence-electron chi connectivity index (χ2n) is 7.85. The number of piperazine rings is 1. The molecule has 2 aliphatic rings. The number of guanidine groups is 1. The SMILES string of the molecule is CCNC(=NCc1ccnc(N2CCCC2)c1)N1CCN(c2ccccc2O)CC1. The lowest BCUT2D eigenvalue weighted by Crippen LogP contribution is -2.52. The average molecular weight is 409 g/mol. The summed E-state index contributed by atoms with van der Waals surface area (Å²) in [5.74, 6) is 2.37. The van der Waals surface area contributed by atoms with Crippen LogP contribution in [0.2, 0.25) is 0 Å². The molecule has 1 aromatic heterocycles. The van der Waals surface area contributed by atoms with Gasteiger partial charge in [-0.2, -0.15) is 0 Å². The van der Waals surface area contributed by atoms with Crippen LogP contribution in [0, 0.1) is 0 Å². The summed E-state index contributed by atoms with van der Waals surface area (Å²) in [5, 5.41) is 13.6. The summed E-state index contributed by atoms with van der Waals surface area (Å²) in [6.45, 7) is 9.25. The van der Waals surface area contributed by atoms with Crippen molar-refractivity contribution in [1.29, 1.82) is 0 Å². The van der Waals surface area contributed by atoms with E-state index in [4.69, 9.17) is 4.99 Å². The average Bonchev–Trinajstić information content (AvgIpc) is 3.33. The number of anilines is 2. The third-order valence-electron chi connectivity index (χ3n) is 5.79. The molecule has 2 saturated heterocycles. The first-order valence-electron chi connectivity index (χ1n) is 11.0. The highest BCUT2D eigenvalue weighted by atomic mass is 16.3. The number of aromatic nitrogens is 1. The summed E-state index contributed by atoms with van der Waals surface area (Å²) in [6.07, 6.45) is 4.40. The number of pyridine rings is 1. The Hall–Kier alpha value is -2.96. The largest absolute Gasteiger partial charge is 0.506 e. The molecular formula is C23H32N6O. The van der Waals surface area contributed by atoms with Gasteiger partial charge < -0.3 is 25.1 Å². The first-order chi connectivity index (χ1) is 14.7. The van der Waals surface area contributed by atoms with E-state index in [9.17, 15) is 5.11 Å². The first kappa shape index (κ1) is 20.3. The number of hydrogen-bond acceptors (Lipinski definition) is 5. The van der Waals surface area contributed by atoms with Gasteiger partial charge in [0.25, 0.3) is 0 Å². The van der Waals surface area contributed by atoms with Crippen LogP contribution in [0.15, 0.2) is 47.6 Å². The van der Waals surface area contributed by atoms with Crippen molar-refractivity contribution in [2.75, 3.05) is 55.6 Å². The van der Waals surface area contributed by atoms with E-state index in [1.165, 1.54) is 18.4 Å². The maximum absolute atomic E-state index is 10.1. The third kappa shape index (κ3) is 4.78. The topological polar surface area (TPSA) is 67.2 Å². The van der Waals surface area contributed by atoms with Crippen LogP contribution in [0.3, 0.4) is 0 Å². The lowest BCUT2D eigenvalue weighted by atomic mass is 10.2. The number of benzene rings is 1. The molecule has 0 unspecified atom stereocenters. The minimum Gasteiger partial charge on any atom is -0.506 e. The quantitative estimate of drug-likeness (QED) is 0.586. The predicted octanol–water partition coefficient (Wildman–Crippen LogP) is 2.68. The fourth-order valence-electron chi connectivity index (χ4n) is 4.16. The van der Waals surface area contributed by atoms with Crippen molar-refractivity contribution in [2.45, 2.75) is 26.3 Å². The molecule has 0 spiro atoms. The number of phenolic OH excluding ortho intramolecular Hbond substituents is 1. The van der Waals surface area contributed by atoms with Crippen LogP contribution in [0.25, 0.3) is 0 Å². The molecule has 0 saturated carbocycles. The summed E-state index contributed by atoms with van der Waals surface area (Å²) in [4.78, 5) is 16.4. The van der Waals surface area contributed by atoms with Crippen molar-refractivity contribution < 1.29 is 5.11 Å². The number of para-hydroxylation sites is 2. The molecule has 0 atom stereocenters. The molecular weight excluding hydrogens is 376 g/mol.